The van der Waals surface area contributed by atoms with Crippen LogP contribution in [0.3, 0.4) is 0 Å². The van der Waals surface area contributed by atoms with Crippen molar-refractivity contribution in [3.63, 3.8) is 0 Å². The lowest BCUT2D eigenvalue weighted by atomic mass is 10.1. The Hall–Kier alpha value is -2.14. The summed E-state index contributed by atoms with van der Waals surface area (Å²) in [7, 11) is 0. The van der Waals surface area contributed by atoms with Crippen molar-refractivity contribution in [3.05, 3.63) is 45.8 Å². The lowest BCUT2D eigenvalue weighted by molar-refractivity contribution is -0.136. The number of aliphatic carboxylic acids is 1. The SMILES string of the molecule is Cc1sc(N=Cc2ccccc2O)c(CCC(=O)O)c1C. The van der Waals surface area contributed by atoms with Crippen molar-refractivity contribution < 1.29 is 15.0 Å². The van der Waals surface area contributed by atoms with Crippen LogP contribution in [0, 0.1) is 13.8 Å². The van der Waals surface area contributed by atoms with Crippen molar-refractivity contribution in [1.29, 1.82) is 0 Å². The highest BCUT2D eigenvalue weighted by Crippen LogP contribution is 2.35. The molecule has 1 aromatic heterocycles. The van der Waals surface area contributed by atoms with Gasteiger partial charge in [-0.15, -0.1) is 11.3 Å². The summed E-state index contributed by atoms with van der Waals surface area (Å²) in [4.78, 5) is 16.3. The number of carbonyl (C=O) groups is 1. The van der Waals surface area contributed by atoms with Crippen LogP contribution in [0.5, 0.6) is 5.75 Å². The lowest BCUT2D eigenvalue weighted by Crippen LogP contribution is -1.98. The van der Waals surface area contributed by atoms with Gasteiger partial charge in [-0.3, -0.25) is 4.79 Å². The molecular formula is C16H17NO3S. The number of hydrogen-bond donors (Lipinski definition) is 2. The Morgan fingerprint density at radius 3 is 2.71 bits per heavy atom. The molecule has 0 aliphatic rings. The van der Waals surface area contributed by atoms with E-state index in [1.807, 2.05) is 19.9 Å². The van der Waals surface area contributed by atoms with Gasteiger partial charge in [0.25, 0.3) is 0 Å². The maximum absolute atomic E-state index is 10.8. The van der Waals surface area contributed by atoms with E-state index in [4.69, 9.17) is 5.11 Å². The van der Waals surface area contributed by atoms with E-state index < -0.39 is 5.97 Å². The summed E-state index contributed by atoms with van der Waals surface area (Å²) in [6.45, 7) is 3.99. The monoisotopic (exact) mass is 303 g/mol. The minimum Gasteiger partial charge on any atom is -0.507 e. The first kappa shape index (κ1) is 15.3. The minimum atomic E-state index is -0.811. The molecule has 1 heterocycles. The second kappa shape index (κ2) is 6.54. The first-order valence-corrected chi connectivity index (χ1v) is 7.43. The number of benzene rings is 1. The Morgan fingerprint density at radius 1 is 1.33 bits per heavy atom. The molecule has 110 valence electrons. The number of carboxylic acids is 1. The van der Waals surface area contributed by atoms with Crippen molar-refractivity contribution in [3.8, 4) is 5.75 Å². The van der Waals surface area contributed by atoms with Crippen molar-refractivity contribution in [2.24, 2.45) is 4.99 Å². The van der Waals surface area contributed by atoms with E-state index in [1.54, 1.807) is 35.8 Å². The molecule has 2 N–H and O–H groups in total. The molecule has 2 rings (SSSR count). The van der Waals surface area contributed by atoms with E-state index in [1.165, 1.54) is 0 Å². The first-order valence-electron chi connectivity index (χ1n) is 6.61. The number of phenolic OH excluding ortho intramolecular Hbond substituents is 1. The normalized spacial score (nSPS) is 11.1. The van der Waals surface area contributed by atoms with Crippen LogP contribution >= 0.6 is 11.3 Å². The van der Waals surface area contributed by atoms with Crippen molar-refractivity contribution in [2.45, 2.75) is 26.7 Å². The molecule has 21 heavy (non-hydrogen) atoms. The van der Waals surface area contributed by atoms with E-state index in [-0.39, 0.29) is 12.2 Å². The van der Waals surface area contributed by atoms with E-state index in [9.17, 15) is 9.90 Å². The number of aromatic hydroxyl groups is 1. The molecule has 0 spiro atoms. The summed E-state index contributed by atoms with van der Waals surface area (Å²) >= 11 is 1.55. The zero-order valence-electron chi connectivity index (χ0n) is 12.0. The van der Waals surface area contributed by atoms with Gasteiger partial charge in [0.2, 0.25) is 0 Å². The summed E-state index contributed by atoms with van der Waals surface area (Å²) in [5.74, 6) is -0.632. The Bertz CT molecular complexity index is 689. The Morgan fingerprint density at radius 2 is 2.05 bits per heavy atom. The predicted molar refractivity (Wildman–Crippen MR) is 85.1 cm³/mol. The molecule has 0 unspecified atom stereocenters. The molecule has 4 nitrogen and oxygen atoms in total. The molecule has 0 aliphatic heterocycles. The zero-order valence-corrected chi connectivity index (χ0v) is 12.8. The van der Waals surface area contributed by atoms with Gasteiger partial charge in [-0.2, -0.15) is 0 Å². The average molecular weight is 303 g/mol. The summed E-state index contributed by atoms with van der Waals surface area (Å²) in [5.41, 5.74) is 2.72. The highest BCUT2D eigenvalue weighted by atomic mass is 32.1. The summed E-state index contributed by atoms with van der Waals surface area (Å²) in [5, 5.41) is 19.4. The van der Waals surface area contributed by atoms with Crippen LogP contribution < -0.4 is 0 Å². The van der Waals surface area contributed by atoms with E-state index in [2.05, 4.69) is 4.99 Å². The Kier molecular flexibility index (Phi) is 4.75. The first-order chi connectivity index (χ1) is 9.99. The van der Waals surface area contributed by atoms with Gasteiger partial charge in [-0.25, -0.2) is 4.99 Å². The van der Waals surface area contributed by atoms with Crippen LogP contribution in [0.4, 0.5) is 5.00 Å². The highest BCUT2D eigenvalue weighted by molar-refractivity contribution is 7.16. The number of aliphatic imine (C=N–C) groups is 1. The van der Waals surface area contributed by atoms with Gasteiger partial charge < -0.3 is 10.2 Å². The Labute approximate surface area is 127 Å². The quantitative estimate of drug-likeness (QED) is 0.824. The van der Waals surface area contributed by atoms with Gasteiger partial charge in [0.1, 0.15) is 10.8 Å². The largest absolute Gasteiger partial charge is 0.507 e. The minimum absolute atomic E-state index is 0.0934. The number of hydrogen-bond acceptors (Lipinski definition) is 4. The van der Waals surface area contributed by atoms with Gasteiger partial charge in [-0.05, 0) is 43.5 Å². The molecule has 5 heteroatoms. The van der Waals surface area contributed by atoms with Crippen molar-refractivity contribution >= 4 is 28.5 Å². The maximum Gasteiger partial charge on any atom is 0.303 e. The standard InChI is InChI=1S/C16H17NO3S/c1-10-11(2)21-16(13(10)7-8-15(19)20)17-9-12-5-3-4-6-14(12)18/h3-6,9,18H,7-8H2,1-2H3,(H,19,20). The second-order valence-electron chi connectivity index (χ2n) is 4.78. The second-order valence-corrected chi connectivity index (χ2v) is 5.98. The number of carboxylic acid groups (broad SMARTS) is 1. The summed E-state index contributed by atoms with van der Waals surface area (Å²) in [6.07, 6.45) is 2.18. The average Bonchev–Trinajstić information content (AvgIpc) is 2.71. The number of phenols is 1. The molecule has 0 fully saturated rings. The van der Waals surface area contributed by atoms with Crippen LogP contribution in [0.25, 0.3) is 0 Å². The molecule has 0 saturated carbocycles. The summed E-state index contributed by atoms with van der Waals surface area (Å²) in [6, 6.07) is 6.97. The lowest BCUT2D eigenvalue weighted by Gasteiger charge is -2.01. The van der Waals surface area contributed by atoms with Crippen LogP contribution in [0.15, 0.2) is 29.3 Å². The third-order valence-corrected chi connectivity index (χ3v) is 4.49. The van der Waals surface area contributed by atoms with Crippen LogP contribution in [-0.2, 0) is 11.2 Å². The maximum atomic E-state index is 10.8. The molecule has 0 aliphatic carbocycles. The third kappa shape index (κ3) is 3.70. The molecular weight excluding hydrogens is 286 g/mol. The van der Waals surface area contributed by atoms with Gasteiger partial charge >= 0.3 is 5.97 Å². The van der Waals surface area contributed by atoms with Crippen LogP contribution in [0.2, 0.25) is 0 Å². The summed E-state index contributed by atoms with van der Waals surface area (Å²) < 4.78 is 0. The molecule has 0 atom stereocenters. The van der Waals surface area contributed by atoms with Crippen LogP contribution in [0.1, 0.15) is 28.0 Å². The van der Waals surface area contributed by atoms with E-state index in [0.29, 0.717) is 12.0 Å². The fraction of sp³-hybridized carbons (Fsp3) is 0.250. The molecule has 2 aromatic rings. The predicted octanol–water partition coefficient (Wildman–Crippen LogP) is 3.84. The number of aryl methyl sites for hydroxylation is 1. The zero-order chi connectivity index (χ0) is 15.4. The fourth-order valence-corrected chi connectivity index (χ4v) is 3.06. The topological polar surface area (TPSA) is 69.9 Å². The van der Waals surface area contributed by atoms with Crippen molar-refractivity contribution in [1.82, 2.24) is 0 Å². The molecule has 1 aromatic carbocycles. The third-order valence-electron chi connectivity index (χ3n) is 3.34. The fourth-order valence-electron chi connectivity index (χ4n) is 2.01. The number of nitrogens with zero attached hydrogens (tertiary/aromatic N) is 1. The van der Waals surface area contributed by atoms with Crippen LogP contribution in [-0.4, -0.2) is 22.4 Å². The molecule has 0 amide bonds. The van der Waals surface area contributed by atoms with E-state index in [0.717, 1.165) is 21.0 Å². The number of rotatable bonds is 5. The van der Waals surface area contributed by atoms with Gasteiger partial charge in [-0.1, -0.05) is 12.1 Å². The number of thiophene rings is 1. The van der Waals surface area contributed by atoms with Gasteiger partial charge in [0.05, 0.1) is 0 Å². The smallest absolute Gasteiger partial charge is 0.303 e. The van der Waals surface area contributed by atoms with E-state index >= 15 is 0 Å². The molecule has 0 bridgehead atoms. The molecule has 0 radical (unpaired) electrons. The van der Waals surface area contributed by atoms with Gasteiger partial charge in [0, 0.05) is 23.1 Å². The highest BCUT2D eigenvalue weighted by Gasteiger charge is 2.13. The van der Waals surface area contributed by atoms with Crippen molar-refractivity contribution in [2.75, 3.05) is 0 Å². The number of para-hydroxylation sites is 1. The Balaban J connectivity index is 2.29. The molecule has 0 saturated heterocycles. The van der Waals surface area contributed by atoms with Gasteiger partial charge in [0.15, 0.2) is 0 Å².